The molecule has 1 fully saturated rings. The van der Waals surface area contributed by atoms with Crippen molar-refractivity contribution >= 4 is 11.8 Å². The standard InChI is InChI=1S/C17H28N2O6S/c1-16(2,9-26-5)17(3,4)24-8-10-12(21)13(22)14(25-10)19-7-6-11(20)18-15(19)23/h6-7,10,12-14,21-22H,8-9H2,1-5H3,(H,18,20,23)/t10-,12+,13?,14-/m1/s1. The molecule has 0 aromatic carbocycles. The lowest BCUT2D eigenvalue weighted by Gasteiger charge is -2.41. The number of thioether (sulfide) groups is 1. The Kier molecular flexibility index (Phi) is 6.40. The lowest BCUT2D eigenvalue weighted by atomic mass is 9.79. The third kappa shape index (κ3) is 4.23. The van der Waals surface area contributed by atoms with Crippen molar-refractivity contribution < 1.29 is 19.7 Å². The topological polar surface area (TPSA) is 114 Å². The number of hydrogen-bond donors (Lipinski definition) is 3. The molecular weight excluding hydrogens is 360 g/mol. The Hall–Kier alpha value is -1.13. The molecule has 148 valence electrons. The van der Waals surface area contributed by atoms with Crippen LogP contribution in [0.5, 0.6) is 0 Å². The molecule has 8 nitrogen and oxygen atoms in total. The maximum absolute atomic E-state index is 11.9. The number of hydrogen-bond acceptors (Lipinski definition) is 7. The Morgan fingerprint density at radius 2 is 1.92 bits per heavy atom. The van der Waals surface area contributed by atoms with Gasteiger partial charge < -0.3 is 19.7 Å². The van der Waals surface area contributed by atoms with Crippen LogP contribution >= 0.6 is 11.8 Å². The van der Waals surface area contributed by atoms with E-state index in [1.54, 1.807) is 11.8 Å². The summed E-state index contributed by atoms with van der Waals surface area (Å²) in [5.74, 6) is 0.895. The van der Waals surface area contributed by atoms with Crippen LogP contribution in [0.4, 0.5) is 0 Å². The van der Waals surface area contributed by atoms with E-state index in [0.29, 0.717) is 0 Å². The molecule has 2 heterocycles. The normalized spacial score (nSPS) is 27.0. The molecule has 3 N–H and O–H groups in total. The van der Waals surface area contributed by atoms with Crippen molar-refractivity contribution in [2.24, 2.45) is 5.41 Å². The lowest BCUT2D eigenvalue weighted by Crippen LogP contribution is -2.46. The summed E-state index contributed by atoms with van der Waals surface area (Å²) in [5.41, 5.74) is -1.87. The predicted molar refractivity (Wildman–Crippen MR) is 99.4 cm³/mol. The Balaban J connectivity index is 2.10. The quantitative estimate of drug-likeness (QED) is 0.617. The van der Waals surface area contributed by atoms with Crippen molar-refractivity contribution in [1.29, 1.82) is 0 Å². The van der Waals surface area contributed by atoms with Gasteiger partial charge in [0.2, 0.25) is 0 Å². The average Bonchev–Trinajstić information content (AvgIpc) is 2.81. The molecule has 1 aliphatic rings. The molecule has 0 aliphatic carbocycles. The third-order valence-electron chi connectivity index (χ3n) is 5.21. The number of aliphatic hydroxyl groups excluding tert-OH is 2. The van der Waals surface area contributed by atoms with Crippen LogP contribution < -0.4 is 11.2 Å². The Morgan fingerprint density at radius 3 is 2.50 bits per heavy atom. The minimum Gasteiger partial charge on any atom is -0.387 e. The van der Waals surface area contributed by atoms with E-state index >= 15 is 0 Å². The first kappa shape index (κ1) is 21.2. The van der Waals surface area contributed by atoms with Crippen LogP contribution in [0, 0.1) is 5.41 Å². The molecule has 0 spiro atoms. The van der Waals surface area contributed by atoms with Gasteiger partial charge in [-0.05, 0) is 20.1 Å². The van der Waals surface area contributed by atoms with Crippen molar-refractivity contribution in [2.75, 3.05) is 18.6 Å². The van der Waals surface area contributed by atoms with E-state index < -0.39 is 41.4 Å². The third-order valence-corrected chi connectivity index (χ3v) is 6.22. The molecule has 1 aromatic rings. The van der Waals surface area contributed by atoms with Crippen molar-refractivity contribution in [2.45, 2.75) is 57.8 Å². The summed E-state index contributed by atoms with van der Waals surface area (Å²) >= 11 is 1.73. The highest BCUT2D eigenvalue weighted by molar-refractivity contribution is 7.98. The number of nitrogens with zero attached hydrogens (tertiary/aromatic N) is 1. The first-order valence-electron chi connectivity index (χ1n) is 8.46. The number of aromatic amines is 1. The number of aliphatic hydroxyl groups is 2. The van der Waals surface area contributed by atoms with Gasteiger partial charge in [0.15, 0.2) is 6.23 Å². The van der Waals surface area contributed by atoms with Gasteiger partial charge in [-0.2, -0.15) is 11.8 Å². The summed E-state index contributed by atoms with van der Waals surface area (Å²) < 4.78 is 12.8. The zero-order valence-electron chi connectivity index (χ0n) is 15.8. The summed E-state index contributed by atoms with van der Waals surface area (Å²) in [6.07, 6.45) is -1.14. The van der Waals surface area contributed by atoms with E-state index in [1.807, 2.05) is 20.1 Å². The smallest absolute Gasteiger partial charge is 0.330 e. The second-order valence-corrected chi connectivity index (χ2v) is 8.57. The second kappa shape index (κ2) is 7.85. The molecule has 1 saturated heterocycles. The Labute approximate surface area is 156 Å². The minimum absolute atomic E-state index is 0.0671. The zero-order valence-corrected chi connectivity index (χ0v) is 16.6. The average molecular weight is 388 g/mol. The van der Waals surface area contributed by atoms with Gasteiger partial charge in [-0.1, -0.05) is 13.8 Å². The van der Waals surface area contributed by atoms with Crippen LogP contribution in [0.15, 0.2) is 21.9 Å². The highest BCUT2D eigenvalue weighted by atomic mass is 32.2. The molecule has 4 atom stereocenters. The van der Waals surface area contributed by atoms with Crippen LogP contribution in [0.25, 0.3) is 0 Å². The van der Waals surface area contributed by atoms with Crippen LogP contribution in [-0.4, -0.2) is 62.3 Å². The largest absolute Gasteiger partial charge is 0.387 e. The van der Waals surface area contributed by atoms with Gasteiger partial charge in [0.05, 0.1) is 12.2 Å². The first-order valence-corrected chi connectivity index (χ1v) is 9.85. The van der Waals surface area contributed by atoms with Gasteiger partial charge in [-0.15, -0.1) is 0 Å². The van der Waals surface area contributed by atoms with Crippen LogP contribution in [0.1, 0.15) is 33.9 Å². The van der Waals surface area contributed by atoms with Crippen molar-refractivity contribution in [3.05, 3.63) is 33.1 Å². The Bertz CT molecular complexity index is 728. The van der Waals surface area contributed by atoms with Gasteiger partial charge in [0.25, 0.3) is 5.56 Å². The molecule has 26 heavy (non-hydrogen) atoms. The van der Waals surface area contributed by atoms with Crippen molar-refractivity contribution in [3.63, 3.8) is 0 Å². The molecule has 1 unspecified atom stereocenters. The van der Waals surface area contributed by atoms with E-state index in [4.69, 9.17) is 9.47 Å². The van der Waals surface area contributed by atoms with Gasteiger partial charge in [-0.25, -0.2) is 4.79 Å². The maximum atomic E-state index is 11.9. The van der Waals surface area contributed by atoms with Crippen molar-refractivity contribution in [1.82, 2.24) is 9.55 Å². The van der Waals surface area contributed by atoms with Gasteiger partial charge in [-0.3, -0.25) is 14.3 Å². The summed E-state index contributed by atoms with van der Waals surface area (Å²) in [5, 5.41) is 20.6. The monoisotopic (exact) mass is 388 g/mol. The molecular formula is C17H28N2O6S. The Morgan fingerprint density at radius 1 is 1.27 bits per heavy atom. The summed E-state index contributed by atoms with van der Waals surface area (Å²) in [4.78, 5) is 25.2. The van der Waals surface area contributed by atoms with Gasteiger partial charge in [0.1, 0.15) is 18.3 Å². The predicted octanol–water partition coefficient (Wildman–Crippen LogP) is 0.340. The van der Waals surface area contributed by atoms with Gasteiger partial charge >= 0.3 is 5.69 Å². The molecule has 9 heteroatoms. The minimum atomic E-state index is -1.31. The van der Waals surface area contributed by atoms with Crippen LogP contribution in [0.2, 0.25) is 0 Å². The van der Waals surface area contributed by atoms with Gasteiger partial charge in [0, 0.05) is 23.4 Å². The molecule has 2 rings (SSSR count). The highest BCUT2D eigenvalue weighted by Crippen LogP contribution is 2.37. The fourth-order valence-electron chi connectivity index (χ4n) is 2.74. The maximum Gasteiger partial charge on any atom is 0.330 e. The fraction of sp³-hybridized carbons (Fsp3) is 0.765. The number of nitrogens with one attached hydrogen (secondary N) is 1. The number of aromatic nitrogens is 2. The number of rotatable bonds is 7. The van der Waals surface area contributed by atoms with Crippen LogP contribution in [-0.2, 0) is 9.47 Å². The molecule has 0 saturated carbocycles. The van der Waals surface area contributed by atoms with E-state index in [0.717, 1.165) is 16.4 Å². The molecule has 1 aliphatic heterocycles. The zero-order chi connectivity index (χ0) is 19.7. The molecule has 1 aromatic heterocycles. The fourth-order valence-corrected chi connectivity index (χ4v) is 3.81. The lowest BCUT2D eigenvalue weighted by molar-refractivity contribution is -0.138. The first-order chi connectivity index (χ1) is 12.0. The number of H-pyrrole nitrogens is 1. The molecule has 0 radical (unpaired) electrons. The van der Waals surface area contributed by atoms with E-state index in [1.165, 1.54) is 6.20 Å². The van der Waals surface area contributed by atoms with Crippen LogP contribution in [0.3, 0.4) is 0 Å². The summed E-state index contributed by atoms with van der Waals surface area (Å²) in [7, 11) is 0. The summed E-state index contributed by atoms with van der Waals surface area (Å²) in [6.45, 7) is 8.23. The van der Waals surface area contributed by atoms with Crippen molar-refractivity contribution in [3.8, 4) is 0 Å². The van der Waals surface area contributed by atoms with E-state index in [-0.39, 0.29) is 12.0 Å². The number of ether oxygens (including phenoxy) is 2. The highest BCUT2D eigenvalue weighted by Gasteiger charge is 2.46. The second-order valence-electron chi connectivity index (χ2n) is 7.70. The summed E-state index contributed by atoms with van der Waals surface area (Å²) in [6, 6.07) is 1.15. The SMILES string of the molecule is CSCC(C)(C)C(C)(C)OC[C@H]1O[C@@H](n2ccc(=O)[nH]c2=O)C(O)[C@H]1O. The van der Waals surface area contributed by atoms with E-state index in [2.05, 4.69) is 18.8 Å². The molecule has 0 amide bonds. The molecule has 0 bridgehead atoms. The van der Waals surface area contributed by atoms with E-state index in [9.17, 15) is 19.8 Å².